The van der Waals surface area contributed by atoms with Gasteiger partial charge in [-0.05, 0) is 17.5 Å². The average molecular weight is 629 g/mol. The van der Waals surface area contributed by atoms with Crippen molar-refractivity contribution < 1.29 is 47.4 Å². The van der Waals surface area contributed by atoms with Crippen molar-refractivity contribution in [3.05, 3.63) is 106 Å². The molecule has 5 atom stereocenters. The summed E-state index contributed by atoms with van der Waals surface area (Å²) in [5.74, 6) is -0.955. The van der Waals surface area contributed by atoms with Gasteiger partial charge < -0.3 is 42.6 Å². The molecule has 0 radical (unpaired) electrons. The van der Waals surface area contributed by atoms with Gasteiger partial charge in [-0.15, -0.1) is 0 Å². The van der Waals surface area contributed by atoms with Crippen LogP contribution in [0.1, 0.15) is 53.4 Å². The summed E-state index contributed by atoms with van der Waals surface area (Å²) in [6.45, 7) is 0. The van der Waals surface area contributed by atoms with Gasteiger partial charge in [-0.3, -0.25) is 4.79 Å². The zero-order valence-corrected chi connectivity index (χ0v) is 26.6. The number of hydrogen-bond donors (Lipinski definition) is 0. The van der Waals surface area contributed by atoms with Gasteiger partial charge in [-0.25, -0.2) is 0 Å². The largest absolute Gasteiger partial charge is 0.494 e. The smallest absolute Gasteiger partial charge is 0.283 e. The Balaban J connectivity index is 1.55. The third kappa shape index (κ3) is 3.90. The van der Waals surface area contributed by atoms with E-state index < -0.39 is 29.4 Å². The highest BCUT2D eigenvalue weighted by Crippen LogP contribution is 2.70. The van der Waals surface area contributed by atoms with Gasteiger partial charge >= 0.3 is 0 Å². The molecule has 240 valence electrons. The van der Waals surface area contributed by atoms with Gasteiger partial charge in [0.15, 0.2) is 17.3 Å². The van der Waals surface area contributed by atoms with E-state index in [4.69, 9.17) is 42.6 Å². The van der Waals surface area contributed by atoms with E-state index in [0.29, 0.717) is 41.2 Å². The van der Waals surface area contributed by atoms with Crippen LogP contribution in [-0.4, -0.2) is 54.2 Å². The van der Waals surface area contributed by atoms with E-state index in [1.54, 1.807) is 14.2 Å². The van der Waals surface area contributed by atoms with Gasteiger partial charge in [0.2, 0.25) is 22.9 Å². The lowest BCUT2D eigenvalue weighted by molar-refractivity contribution is -0.281. The van der Waals surface area contributed by atoms with Crippen LogP contribution in [0, 0.1) is 0 Å². The van der Waals surface area contributed by atoms with Crippen LogP contribution in [0.15, 0.2) is 83.8 Å². The molecule has 3 heterocycles. The third-order valence-corrected chi connectivity index (χ3v) is 9.35. The van der Waals surface area contributed by atoms with E-state index in [1.165, 1.54) is 28.4 Å². The minimum absolute atomic E-state index is 0.0353. The molecule has 7 rings (SSSR count). The van der Waals surface area contributed by atoms with Crippen LogP contribution in [0.2, 0.25) is 0 Å². The number of ether oxygens (including phenoxy) is 9. The van der Waals surface area contributed by atoms with Gasteiger partial charge in [-0.1, -0.05) is 66.7 Å². The number of ketones is 1. The highest BCUT2D eigenvalue weighted by atomic mass is 16.7. The Bertz CT molecular complexity index is 1730. The molecule has 46 heavy (non-hydrogen) atoms. The summed E-state index contributed by atoms with van der Waals surface area (Å²) in [6.07, 6.45) is 1.35. The number of hydrogen-bond acceptors (Lipinski definition) is 10. The molecule has 4 aliphatic rings. The van der Waals surface area contributed by atoms with E-state index in [2.05, 4.69) is 0 Å². The number of benzene rings is 3. The van der Waals surface area contributed by atoms with Crippen LogP contribution >= 0.6 is 0 Å². The lowest BCUT2D eigenvalue weighted by Gasteiger charge is -2.49. The van der Waals surface area contributed by atoms with Crippen molar-refractivity contribution in [3.8, 4) is 23.0 Å². The Hall–Kier alpha value is -4.51. The fourth-order valence-electron chi connectivity index (χ4n) is 7.40. The number of fused-ring (bicyclic) bond motifs is 4. The molecule has 0 fully saturated rings. The lowest BCUT2D eigenvalue weighted by Crippen LogP contribution is -2.63. The first-order valence-corrected chi connectivity index (χ1v) is 15.1. The Labute approximate surface area is 267 Å². The van der Waals surface area contributed by atoms with Crippen LogP contribution in [0.3, 0.4) is 0 Å². The van der Waals surface area contributed by atoms with Crippen molar-refractivity contribution in [1.29, 1.82) is 0 Å². The summed E-state index contributed by atoms with van der Waals surface area (Å²) in [4.78, 5) is 14.2. The molecule has 1 aliphatic carbocycles. The number of carbonyl (C=O) groups excluding carboxylic acids is 1. The standard InChI is InChI=1S/C36H36O10/c1-38-25-19-24(21-15-11-8-12-16-21)44-30-26(25)29-27(31(39-2)33(30)41-4)35(43-6)34(42-5)32(40-3)28(37)22-17-18-23(45-36(22,35)46-29)20-13-9-7-10-14-20/h7-17,23-25H,18-19H2,1-6H3. The molecule has 5 unspecified atom stereocenters. The molecule has 0 bridgehead atoms. The number of carbonyl (C=O) groups is 1. The molecule has 0 amide bonds. The molecular weight excluding hydrogens is 592 g/mol. The molecule has 0 saturated carbocycles. The second kappa shape index (κ2) is 11.4. The molecule has 3 aromatic carbocycles. The minimum Gasteiger partial charge on any atom is -0.494 e. The van der Waals surface area contributed by atoms with Crippen molar-refractivity contribution in [2.24, 2.45) is 0 Å². The maximum atomic E-state index is 14.2. The van der Waals surface area contributed by atoms with Crippen LogP contribution < -0.4 is 18.9 Å². The SMILES string of the molecule is COC1=C(OC)C2(OC)c3c(OC)c(OC)c4c(c3OC23OC(c2ccccc2)CC=C3C1=O)C(OC)CC(c1ccccc1)O4. The predicted molar refractivity (Wildman–Crippen MR) is 165 cm³/mol. The quantitative estimate of drug-likeness (QED) is 0.294. The first-order chi connectivity index (χ1) is 22.4. The normalized spacial score (nSPS) is 27.7. The number of methoxy groups -OCH3 is 6. The summed E-state index contributed by atoms with van der Waals surface area (Å²) in [5.41, 5.74) is 1.35. The summed E-state index contributed by atoms with van der Waals surface area (Å²) in [6, 6.07) is 19.7. The summed E-state index contributed by atoms with van der Waals surface area (Å²) in [7, 11) is 9.08. The van der Waals surface area contributed by atoms with Crippen molar-refractivity contribution >= 4 is 5.78 Å². The Morgan fingerprint density at radius 2 is 1.41 bits per heavy atom. The fourth-order valence-corrected chi connectivity index (χ4v) is 7.40. The Morgan fingerprint density at radius 1 is 0.761 bits per heavy atom. The van der Waals surface area contributed by atoms with Gasteiger partial charge in [0.05, 0.1) is 57.3 Å². The molecule has 0 N–H and O–H groups in total. The fraction of sp³-hybridized carbons (Fsp3) is 0.361. The maximum absolute atomic E-state index is 14.2. The van der Waals surface area contributed by atoms with Crippen LogP contribution in [0.25, 0.3) is 0 Å². The van der Waals surface area contributed by atoms with Crippen LogP contribution in [-0.2, 0) is 34.1 Å². The number of allylic oxidation sites excluding steroid dienone is 1. The summed E-state index contributed by atoms with van der Waals surface area (Å²) in [5, 5.41) is 0. The van der Waals surface area contributed by atoms with E-state index in [9.17, 15) is 4.79 Å². The highest BCUT2D eigenvalue weighted by molar-refractivity contribution is 6.11. The van der Waals surface area contributed by atoms with Gasteiger partial charge in [0, 0.05) is 20.6 Å². The second-order valence-electron chi connectivity index (χ2n) is 11.4. The van der Waals surface area contributed by atoms with Crippen molar-refractivity contribution in [2.45, 2.75) is 42.5 Å². The number of rotatable bonds is 8. The second-order valence-corrected chi connectivity index (χ2v) is 11.4. The molecule has 3 aromatic rings. The average Bonchev–Trinajstić information content (AvgIpc) is 3.40. The van der Waals surface area contributed by atoms with Crippen LogP contribution in [0.5, 0.6) is 23.0 Å². The predicted octanol–water partition coefficient (Wildman–Crippen LogP) is 6.02. The minimum atomic E-state index is -1.85. The van der Waals surface area contributed by atoms with Gasteiger partial charge in [0.1, 0.15) is 11.9 Å². The molecule has 0 aromatic heterocycles. The van der Waals surface area contributed by atoms with E-state index in [-0.39, 0.29) is 28.9 Å². The summed E-state index contributed by atoms with van der Waals surface area (Å²) < 4.78 is 57.3. The monoisotopic (exact) mass is 628 g/mol. The molecule has 3 aliphatic heterocycles. The number of Topliss-reactive ketones (excluding diaryl/α,β-unsaturated/α-hetero) is 1. The molecule has 10 heteroatoms. The van der Waals surface area contributed by atoms with Crippen molar-refractivity contribution in [3.63, 3.8) is 0 Å². The first kappa shape index (κ1) is 30.2. The van der Waals surface area contributed by atoms with Crippen molar-refractivity contribution in [1.82, 2.24) is 0 Å². The van der Waals surface area contributed by atoms with Crippen LogP contribution in [0.4, 0.5) is 0 Å². The van der Waals surface area contributed by atoms with E-state index in [1.807, 2.05) is 66.7 Å². The molecule has 0 saturated heterocycles. The first-order valence-electron chi connectivity index (χ1n) is 15.1. The third-order valence-electron chi connectivity index (χ3n) is 9.35. The zero-order valence-electron chi connectivity index (χ0n) is 26.6. The lowest BCUT2D eigenvalue weighted by atomic mass is 9.72. The summed E-state index contributed by atoms with van der Waals surface area (Å²) >= 11 is 0. The van der Waals surface area contributed by atoms with Gasteiger partial charge in [-0.2, -0.15) is 0 Å². The van der Waals surface area contributed by atoms with E-state index >= 15 is 0 Å². The van der Waals surface area contributed by atoms with Gasteiger partial charge in [0.25, 0.3) is 5.79 Å². The zero-order chi connectivity index (χ0) is 32.2. The Kier molecular flexibility index (Phi) is 7.46. The van der Waals surface area contributed by atoms with Crippen molar-refractivity contribution in [2.75, 3.05) is 42.7 Å². The molecule has 10 nitrogen and oxygen atoms in total. The molecular formula is C36H36O10. The topological polar surface area (TPSA) is 100 Å². The molecule has 1 spiro atoms. The Morgan fingerprint density at radius 3 is 1.98 bits per heavy atom. The van der Waals surface area contributed by atoms with E-state index in [0.717, 1.165) is 11.1 Å². The maximum Gasteiger partial charge on any atom is 0.283 e. The highest BCUT2D eigenvalue weighted by Gasteiger charge is 2.76.